The van der Waals surface area contributed by atoms with Gasteiger partial charge in [0.1, 0.15) is 0 Å². The quantitative estimate of drug-likeness (QED) is 0.260. The number of thioether (sulfide) groups is 1. The first-order valence-corrected chi connectivity index (χ1v) is 12.8. The predicted molar refractivity (Wildman–Crippen MR) is 135 cm³/mol. The van der Waals surface area contributed by atoms with Gasteiger partial charge in [-0.2, -0.15) is 0 Å². The molecule has 1 amide bonds. The van der Waals surface area contributed by atoms with Gasteiger partial charge < -0.3 is 19.5 Å². The average molecular weight is 507 g/mol. The van der Waals surface area contributed by atoms with Crippen molar-refractivity contribution in [1.29, 1.82) is 0 Å². The number of fused-ring (bicyclic) bond motifs is 2. The Balaban J connectivity index is 1.10. The van der Waals surface area contributed by atoms with Crippen molar-refractivity contribution in [3.05, 3.63) is 83.4 Å². The van der Waals surface area contributed by atoms with Crippen LogP contribution < -0.4 is 14.8 Å². The maximum absolute atomic E-state index is 12.5. The Bertz CT molecular complexity index is 1340. The molecule has 7 nitrogen and oxygen atoms in total. The Morgan fingerprint density at radius 3 is 2.66 bits per heavy atom. The zero-order valence-corrected chi connectivity index (χ0v) is 20.5. The van der Waals surface area contributed by atoms with E-state index in [9.17, 15) is 9.59 Å². The second-order valence-corrected chi connectivity index (χ2v) is 10.1. The van der Waals surface area contributed by atoms with Gasteiger partial charge in [0.15, 0.2) is 21.9 Å². The van der Waals surface area contributed by atoms with E-state index in [0.29, 0.717) is 23.6 Å². The third-order valence-corrected chi connectivity index (χ3v) is 7.63. The fraction of sp³-hybridized carbons (Fsp3) is 0.192. The predicted octanol–water partition coefficient (Wildman–Crippen LogP) is 5.18. The van der Waals surface area contributed by atoms with Crippen molar-refractivity contribution >= 4 is 45.2 Å². The van der Waals surface area contributed by atoms with Crippen molar-refractivity contribution in [2.45, 2.75) is 29.7 Å². The van der Waals surface area contributed by atoms with Crippen molar-refractivity contribution < 1.29 is 23.8 Å². The van der Waals surface area contributed by atoms with Crippen LogP contribution in [-0.2, 0) is 21.8 Å². The number of amides is 1. The third-order valence-electron chi connectivity index (χ3n) is 5.38. The lowest BCUT2D eigenvalue weighted by Gasteiger charge is -2.14. The lowest BCUT2D eigenvalue weighted by molar-refractivity contribution is -0.129. The molecule has 1 unspecified atom stereocenters. The van der Waals surface area contributed by atoms with Crippen molar-refractivity contribution in [2.75, 3.05) is 6.79 Å². The lowest BCUT2D eigenvalue weighted by Crippen LogP contribution is -2.35. The van der Waals surface area contributed by atoms with Crippen LogP contribution in [0.3, 0.4) is 0 Å². The molecule has 0 saturated carbocycles. The smallest absolute Gasteiger partial charge is 0.338 e. The first-order valence-electron chi connectivity index (χ1n) is 11.0. The van der Waals surface area contributed by atoms with Crippen LogP contribution in [-0.4, -0.2) is 29.8 Å². The van der Waals surface area contributed by atoms with Crippen molar-refractivity contribution in [3.8, 4) is 11.5 Å². The van der Waals surface area contributed by atoms with Gasteiger partial charge in [-0.15, -0.1) is 11.3 Å². The van der Waals surface area contributed by atoms with Crippen LogP contribution in [0.1, 0.15) is 28.4 Å². The van der Waals surface area contributed by atoms with E-state index in [1.165, 1.54) is 4.70 Å². The van der Waals surface area contributed by atoms with Crippen LogP contribution in [0, 0.1) is 0 Å². The van der Waals surface area contributed by atoms with E-state index in [0.717, 1.165) is 26.7 Å². The van der Waals surface area contributed by atoms with Gasteiger partial charge in [-0.05, 0) is 54.4 Å². The minimum Gasteiger partial charge on any atom is -0.454 e. The molecule has 1 N–H and O–H groups in total. The molecule has 35 heavy (non-hydrogen) atoms. The largest absolute Gasteiger partial charge is 0.454 e. The number of hydrogen-bond acceptors (Lipinski definition) is 8. The molecule has 0 spiro atoms. The lowest BCUT2D eigenvalue weighted by atomic mass is 10.1. The number of nitrogens with zero attached hydrogens (tertiary/aromatic N) is 1. The first kappa shape index (κ1) is 23.2. The Kier molecular flexibility index (Phi) is 6.87. The Morgan fingerprint density at radius 1 is 1.06 bits per heavy atom. The summed E-state index contributed by atoms with van der Waals surface area (Å²) in [6, 6.07) is 20.7. The first-order chi connectivity index (χ1) is 17.0. The van der Waals surface area contributed by atoms with Crippen LogP contribution in [0.4, 0.5) is 0 Å². The number of carbonyl (C=O) groups is 2. The summed E-state index contributed by atoms with van der Waals surface area (Å²) in [5, 5.41) is 2.78. The molecule has 1 atom stereocenters. The molecule has 1 aliphatic rings. The topological polar surface area (TPSA) is 86.8 Å². The number of benzene rings is 3. The molecule has 0 bridgehead atoms. The zero-order valence-electron chi connectivity index (χ0n) is 18.9. The summed E-state index contributed by atoms with van der Waals surface area (Å²) >= 11 is 3.33. The van der Waals surface area contributed by atoms with Gasteiger partial charge in [-0.3, -0.25) is 4.79 Å². The number of nitrogens with one attached hydrogen (secondary N) is 1. The molecule has 4 aromatic rings. The molecular formula is C26H22N2O5S2. The summed E-state index contributed by atoms with van der Waals surface area (Å²) in [6.07, 6.45) is -0.925. The summed E-state index contributed by atoms with van der Waals surface area (Å²) in [7, 11) is 0. The number of hydrogen-bond donors (Lipinski definition) is 1. The molecule has 0 saturated heterocycles. The highest BCUT2D eigenvalue weighted by atomic mass is 32.2. The fourth-order valence-corrected chi connectivity index (χ4v) is 5.49. The summed E-state index contributed by atoms with van der Waals surface area (Å²) < 4.78 is 18.2. The third kappa shape index (κ3) is 5.58. The molecule has 5 rings (SSSR count). The number of carbonyl (C=O) groups excluding carboxylic acids is 2. The normalized spacial score (nSPS) is 12.9. The van der Waals surface area contributed by atoms with Gasteiger partial charge in [0.25, 0.3) is 5.91 Å². The van der Waals surface area contributed by atoms with Crippen LogP contribution >= 0.6 is 23.1 Å². The standard InChI is InChI=1S/C26H22N2O5S2/c1-16(24(29)27-13-18-8-11-21-22(12-18)32-15-31-21)33-25(30)19-9-6-17(7-10-19)14-34-26-28-20-4-2-3-5-23(20)35-26/h2-12,16H,13-15H2,1H3,(H,27,29). The van der Waals surface area contributed by atoms with E-state index in [1.807, 2.05) is 42.5 Å². The molecular weight excluding hydrogens is 484 g/mol. The summed E-state index contributed by atoms with van der Waals surface area (Å²) in [5.74, 6) is 1.16. The number of para-hydroxylation sites is 1. The molecule has 3 aromatic carbocycles. The number of aromatic nitrogens is 1. The maximum atomic E-state index is 12.5. The minimum absolute atomic E-state index is 0.196. The SMILES string of the molecule is CC(OC(=O)c1ccc(CSc2nc3ccccc3s2)cc1)C(=O)NCc1ccc2c(c1)OCO2. The monoisotopic (exact) mass is 506 g/mol. The summed E-state index contributed by atoms with van der Waals surface area (Å²) in [6.45, 7) is 2.04. The molecule has 0 aliphatic carbocycles. The van der Waals surface area contributed by atoms with Crippen molar-refractivity contribution in [3.63, 3.8) is 0 Å². The maximum Gasteiger partial charge on any atom is 0.338 e. The molecule has 2 heterocycles. The number of thiazole rings is 1. The van der Waals surface area contributed by atoms with Crippen LogP contribution in [0.25, 0.3) is 10.2 Å². The van der Waals surface area contributed by atoms with E-state index < -0.39 is 12.1 Å². The molecule has 0 radical (unpaired) electrons. The Morgan fingerprint density at radius 2 is 1.83 bits per heavy atom. The van der Waals surface area contributed by atoms with Crippen LogP contribution in [0.5, 0.6) is 11.5 Å². The van der Waals surface area contributed by atoms with E-state index in [2.05, 4.69) is 16.4 Å². The van der Waals surface area contributed by atoms with Crippen LogP contribution in [0.15, 0.2) is 71.1 Å². The molecule has 1 aliphatic heterocycles. The second kappa shape index (κ2) is 10.4. The average Bonchev–Trinajstić information content (AvgIpc) is 3.52. The molecule has 9 heteroatoms. The molecule has 1 aromatic heterocycles. The van der Waals surface area contributed by atoms with E-state index in [1.54, 1.807) is 48.2 Å². The Hall–Kier alpha value is -3.56. The van der Waals surface area contributed by atoms with Gasteiger partial charge in [0.05, 0.1) is 15.8 Å². The minimum atomic E-state index is -0.925. The second-order valence-electron chi connectivity index (χ2n) is 7.89. The number of ether oxygens (including phenoxy) is 3. The number of esters is 1. The molecule has 0 fully saturated rings. The highest BCUT2D eigenvalue weighted by molar-refractivity contribution is 8.00. The highest BCUT2D eigenvalue weighted by Crippen LogP contribution is 2.33. The summed E-state index contributed by atoms with van der Waals surface area (Å²) in [5.41, 5.74) is 3.34. The van der Waals surface area contributed by atoms with E-state index in [-0.39, 0.29) is 12.7 Å². The van der Waals surface area contributed by atoms with Gasteiger partial charge in [0, 0.05) is 12.3 Å². The Labute approximate surface area is 210 Å². The highest BCUT2D eigenvalue weighted by Gasteiger charge is 2.19. The van der Waals surface area contributed by atoms with Gasteiger partial charge in [0.2, 0.25) is 6.79 Å². The zero-order chi connectivity index (χ0) is 24.2. The van der Waals surface area contributed by atoms with Crippen LogP contribution in [0.2, 0.25) is 0 Å². The van der Waals surface area contributed by atoms with Gasteiger partial charge in [-0.25, -0.2) is 9.78 Å². The van der Waals surface area contributed by atoms with E-state index >= 15 is 0 Å². The summed E-state index contributed by atoms with van der Waals surface area (Å²) in [4.78, 5) is 29.5. The molecule has 178 valence electrons. The van der Waals surface area contributed by atoms with Gasteiger partial charge >= 0.3 is 5.97 Å². The van der Waals surface area contributed by atoms with Gasteiger partial charge in [-0.1, -0.05) is 42.1 Å². The van der Waals surface area contributed by atoms with Crippen molar-refractivity contribution in [2.24, 2.45) is 0 Å². The van der Waals surface area contributed by atoms with Crippen molar-refractivity contribution in [1.82, 2.24) is 10.3 Å². The van der Waals surface area contributed by atoms with E-state index in [4.69, 9.17) is 14.2 Å². The number of rotatable bonds is 8. The fourth-order valence-electron chi connectivity index (χ4n) is 3.46.